The SMILES string of the molecule is CCCCCN(CCO)C(=O)Nc1cccnc1. The van der Waals surface area contributed by atoms with Crippen molar-refractivity contribution in [3.8, 4) is 0 Å². The molecule has 1 aromatic rings. The van der Waals surface area contributed by atoms with Crippen molar-refractivity contribution in [1.29, 1.82) is 0 Å². The monoisotopic (exact) mass is 251 g/mol. The van der Waals surface area contributed by atoms with Crippen LogP contribution < -0.4 is 5.32 Å². The molecule has 0 aliphatic carbocycles. The van der Waals surface area contributed by atoms with Crippen LogP contribution in [-0.2, 0) is 0 Å². The van der Waals surface area contributed by atoms with Gasteiger partial charge in [-0.2, -0.15) is 0 Å². The lowest BCUT2D eigenvalue weighted by Crippen LogP contribution is -2.37. The molecule has 0 aliphatic rings. The maximum atomic E-state index is 12.0. The zero-order valence-electron chi connectivity index (χ0n) is 10.8. The highest BCUT2D eigenvalue weighted by molar-refractivity contribution is 5.89. The van der Waals surface area contributed by atoms with Gasteiger partial charge in [0.2, 0.25) is 0 Å². The van der Waals surface area contributed by atoms with E-state index < -0.39 is 0 Å². The fraction of sp³-hybridized carbons (Fsp3) is 0.538. The predicted octanol–water partition coefficient (Wildman–Crippen LogP) is 2.10. The number of hydrogen-bond acceptors (Lipinski definition) is 3. The number of urea groups is 1. The largest absolute Gasteiger partial charge is 0.395 e. The van der Waals surface area contributed by atoms with Gasteiger partial charge in [-0.05, 0) is 18.6 Å². The van der Waals surface area contributed by atoms with Crippen LogP contribution in [0.25, 0.3) is 0 Å². The lowest BCUT2D eigenvalue weighted by atomic mass is 10.2. The van der Waals surface area contributed by atoms with Gasteiger partial charge in [0.25, 0.3) is 0 Å². The van der Waals surface area contributed by atoms with Gasteiger partial charge in [-0.15, -0.1) is 0 Å². The van der Waals surface area contributed by atoms with Crippen LogP contribution in [0.2, 0.25) is 0 Å². The maximum absolute atomic E-state index is 12.0. The Balaban J connectivity index is 2.48. The van der Waals surface area contributed by atoms with Gasteiger partial charge in [-0.3, -0.25) is 4.98 Å². The van der Waals surface area contributed by atoms with E-state index in [9.17, 15) is 4.79 Å². The lowest BCUT2D eigenvalue weighted by molar-refractivity contribution is 0.187. The number of aliphatic hydroxyl groups is 1. The molecule has 0 saturated heterocycles. The Kier molecular flexibility index (Phi) is 6.79. The molecule has 0 aromatic carbocycles. The van der Waals surface area contributed by atoms with E-state index in [0.29, 0.717) is 18.8 Å². The van der Waals surface area contributed by atoms with E-state index in [-0.39, 0.29) is 12.6 Å². The molecule has 1 heterocycles. The Morgan fingerprint density at radius 2 is 2.28 bits per heavy atom. The van der Waals surface area contributed by atoms with Gasteiger partial charge in [0.1, 0.15) is 0 Å². The lowest BCUT2D eigenvalue weighted by Gasteiger charge is -2.22. The standard InChI is InChI=1S/C13H21N3O2/c1-2-3-4-8-16(9-10-17)13(18)15-12-6-5-7-14-11-12/h5-7,11,17H,2-4,8-10H2,1H3,(H,15,18). The minimum absolute atomic E-state index is 0.0212. The summed E-state index contributed by atoms with van der Waals surface area (Å²) in [6.45, 7) is 3.12. The van der Waals surface area contributed by atoms with Crippen molar-refractivity contribution in [1.82, 2.24) is 9.88 Å². The van der Waals surface area contributed by atoms with Gasteiger partial charge in [-0.1, -0.05) is 19.8 Å². The quantitative estimate of drug-likeness (QED) is 0.729. The number of carbonyl (C=O) groups excluding carboxylic acids is 1. The second-order valence-corrected chi connectivity index (χ2v) is 4.09. The highest BCUT2D eigenvalue weighted by Crippen LogP contribution is 2.06. The molecule has 0 saturated carbocycles. The summed E-state index contributed by atoms with van der Waals surface area (Å²) in [6.07, 6.45) is 6.40. The van der Waals surface area contributed by atoms with Gasteiger partial charge in [-0.25, -0.2) is 4.79 Å². The molecule has 2 N–H and O–H groups in total. The molecule has 5 nitrogen and oxygen atoms in total. The smallest absolute Gasteiger partial charge is 0.321 e. The molecule has 0 fully saturated rings. The number of unbranched alkanes of at least 4 members (excludes halogenated alkanes) is 2. The average molecular weight is 251 g/mol. The van der Waals surface area contributed by atoms with Crippen molar-refractivity contribution in [3.63, 3.8) is 0 Å². The van der Waals surface area contributed by atoms with Crippen molar-refractivity contribution in [2.75, 3.05) is 25.0 Å². The molecular weight excluding hydrogens is 230 g/mol. The van der Waals surface area contributed by atoms with E-state index >= 15 is 0 Å². The molecule has 100 valence electrons. The van der Waals surface area contributed by atoms with E-state index in [4.69, 9.17) is 5.11 Å². The van der Waals surface area contributed by atoms with Gasteiger partial charge in [0.15, 0.2) is 0 Å². The minimum Gasteiger partial charge on any atom is -0.395 e. The summed E-state index contributed by atoms with van der Waals surface area (Å²) in [5, 5.41) is 11.7. The molecular formula is C13H21N3O2. The van der Waals surface area contributed by atoms with E-state index in [0.717, 1.165) is 19.3 Å². The summed E-state index contributed by atoms with van der Waals surface area (Å²) in [7, 11) is 0. The van der Waals surface area contributed by atoms with Crippen molar-refractivity contribution >= 4 is 11.7 Å². The third kappa shape index (κ3) is 5.14. The fourth-order valence-electron chi connectivity index (χ4n) is 1.63. The first kappa shape index (κ1) is 14.4. The highest BCUT2D eigenvalue weighted by atomic mass is 16.3. The Hall–Kier alpha value is -1.62. The first-order valence-electron chi connectivity index (χ1n) is 6.34. The summed E-state index contributed by atoms with van der Waals surface area (Å²) in [4.78, 5) is 17.5. The van der Waals surface area contributed by atoms with Crippen molar-refractivity contribution in [2.24, 2.45) is 0 Å². The summed E-state index contributed by atoms with van der Waals surface area (Å²) in [5.41, 5.74) is 0.668. The van der Waals surface area contributed by atoms with Gasteiger partial charge >= 0.3 is 6.03 Å². The molecule has 2 amide bonds. The number of carbonyl (C=O) groups is 1. The highest BCUT2D eigenvalue weighted by Gasteiger charge is 2.12. The topological polar surface area (TPSA) is 65.5 Å². The Morgan fingerprint density at radius 3 is 2.89 bits per heavy atom. The summed E-state index contributed by atoms with van der Waals surface area (Å²) >= 11 is 0. The van der Waals surface area contributed by atoms with Gasteiger partial charge in [0, 0.05) is 19.3 Å². The number of aliphatic hydroxyl groups excluding tert-OH is 1. The van der Waals surface area contributed by atoms with Crippen LogP contribution in [0.1, 0.15) is 26.2 Å². The molecule has 0 radical (unpaired) electrons. The van der Waals surface area contributed by atoms with Crippen LogP contribution in [0.4, 0.5) is 10.5 Å². The van der Waals surface area contributed by atoms with Crippen LogP contribution in [0.15, 0.2) is 24.5 Å². The Morgan fingerprint density at radius 1 is 1.44 bits per heavy atom. The van der Waals surface area contributed by atoms with Crippen LogP contribution in [0.5, 0.6) is 0 Å². The van der Waals surface area contributed by atoms with Crippen molar-refractivity contribution in [3.05, 3.63) is 24.5 Å². The number of hydrogen-bond donors (Lipinski definition) is 2. The molecule has 5 heteroatoms. The molecule has 1 aromatic heterocycles. The molecule has 18 heavy (non-hydrogen) atoms. The number of amides is 2. The number of nitrogens with one attached hydrogen (secondary N) is 1. The number of pyridine rings is 1. The molecule has 0 bridgehead atoms. The fourth-order valence-corrected chi connectivity index (χ4v) is 1.63. The normalized spacial score (nSPS) is 10.1. The molecule has 0 aliphatic heterocycles. The number of aromatic nitrogens is 1. The first-order valence-corrected chi connectivity index (χ1v) is 6.34. The summed E-state index contributed by atoms with van der Waals surface area (Å²) in [5.74, 6) is 0. The van der Waals surface area contributed by atoms with E-state index in [2.05, 4.69) is 17.2 Å². The Bertz CT molecular complexity index is 343. The van der Waals surface area contributed by atoms with E-state index in [1.165, 1.54) is 0 Å². The van der Waals surface area contributed by atoms with Crippen molar-refractivity contribution < 1.29 is 9.90 Å². The zero-order chi connectivity index (χ0) is 13.2. The van der Waals surface area contributed by atoms with Crippen LogP contribution in [-0.4, -0.2) is 40.7 Å². The average Bonchev–Trinajstić information content (AvgIpc) is 2.39. The van der Waals surface area contributed by atoms with Crippen LogP contribution >= 0.6 is 0 Å². The second kappa shape index (κ2) is 8.47. The third-order valence-corrected chi connectivity index (χ3v) is 2.60. The van der Waals surface area contributed by atoms with E-state index in [1.807, 2.05) is 0 Å². The van der Waals surface area contributed by atoms with Gasteiger partial charge < -0.3 is 15.3 Å². The second-order valence-electron chi connectivity index (χ2n) is 4.09. The van der Waals surface area contributed by atoms with Gasteiger partial charge in [0.05, 0.1) is 18.5 Å². The summed E-state index contributed by atoms with van der Waals surface area (Å²) in [6, 6.07) is 3.37. The molecule has 0 unspecified atom stereocenters. The molecule has 1 rings (SSSR count). The van der Waals surface area contributed by atoms with E-state index in [1.54, 1.807) is 29.4 Å². The zero-order valence-corrected chi connectivity index (χ0v) is 10.8. The first-order chi connectivity index (χ1) is 8.77. The number of rotatable bonds is 7. The number of nitrogens with zero attached hydrogens (tertiary/aromatic N) is 2. The van der Waals surface area contributed by atoms with Crippen molar-refractivity contribution in [2.45, 2.75) is 26.2 Å². The minimum atomic E-state index is -0.187. The predicted molar refractivity (Wildman–Crippen MR) is 71.4 cm³/mol. The molecule has 0 atom stereocenters. The van der Waals surface area contributed by atoms with Crippen LogP contribution in [0, 0.1) is 0 Å². The third-order valence-electron chi connectivity index (χ3n) is 2.60. The molecule has 0 spiro atoms. The number of anilines is 1. The maximum Gasteiger partial charge on any atom is 0.321 e. The van der Waals surface area contributed by atoms with Crippen LogP contribution in [0.3, 0.4) is 0 Å². The Labute approximate surface area is 108 Å². The summed E-state index contributed by atoms with van der Waals surface area (Å²) < 4.78 is 0.